The summed E-state index contributed by atoms with van der Waals surface area (Å²) >= 11 is 0. The van der Waals surface area contributed by atoms with Crippen LogP contribution in [0.4, 0.5) is 52.7 Å². The number of benzene rings is 2. The maximum Gasteiger partial charge on any atom is 0.394 e. The molecule has 0 unspecified atom stereocenters. The zero-order valence-electron chi connectivity index (χ0n) is 20.5. The Balaban J connectivity index is 0.000000408. The van der Waals surface area contributed by atoms with E-state index in [4.69, 9.17) is 10.2 Å². The first-order chi connectivity index (χ1) is 17.9. The Bertz CT molecular complexity index is 1120. The topological polar surface area (TPSA) is 40.5 Å². The van der Waals surface area contributed by atoms with E-state index < -0.39 is 62.2 Å². The van der Waals surface area contributed by atoms with E-state index >= 15 is 0 Å². The van der Waals surface area contributed by atoms with E-state index in [9.17, 15) is 52.7 Å². The van der Waals surface area contributed by atoms with Crippen molar-refractivity contribution in [2.45, 2.75) is 62.2 Å². The minimum Gasteiger partial charge on any atom is -0.508 e. The molecular formula is C26H24F12O2. The highest BCUT2D eigenvalue weighted by molar-refractivity contribution is 5.65. The van der Waals surface area contributed by atoms with Crippen LogP contribution in [0.5, 0.6) is 11.5 Å². The quantitative estimate of drug-likeness (QED) is 0.268. The third kappa shape index (κ3) is 14.2. The van der Waals surface area contributed by atoms with Gasteiger partial charge in [0.2, 0.25) is 0 Å². The standard InChI is InChI=1S/C14H13F7O.C12H11F5O/c1-9(10-2-4-11(22)5-3-10)6-12(15,16)7-13(17,18)8-14(19,20)21;1-8(9-2-4-10(18)5-3-9)6-11(13,14)7-12(15,16)17/h2-5,22H,1,6-8H2;2-5,18H,1,6-7H2. The zero-order valence-corrected chi connectivity index (χ0v) is 20.5. The Hall–Kier alpha value is -3.32. The highest BCUT2D eigenvalue weighted by Crippen LogP contribution is 2.42. The maximum atomic E-state index is 13.6. The van der Waals surface area contributed by atoms with E-state index in [0.717, 1.165) is 0 Å². The molecule has 0 saturated heterocycles. The van der Waals surface area contributed by atoms with Crippen molar-refractivity contribution < 1.29 is 62.9 Å². The van der Waals surface area contributed by atoms with Crippen LogP contribution in [0.25, 0.3) is 11.1 Å². The van der Waals surface area contributed by atoms with Crippen LogP contribution in [0.1, 0.15) is 43.2 Å². The first kappa shape index (κ1) is 34.7. The fraction of sp³-hybridized carbons (Fsp3) is 0.385. The number of aromatic hydroxyl groups is 2. The second-order valence-electron chi connectivity index (χ2n) is 8.98. The zero-order chi connectivity index (χ0) is 31.2. The van der Waals surface area contributed by atoms with Crippen LogP contribution in [0.15, 0.2) is 61.7 Å². The summed E-state index contributed by atoms with van der Waals surface area (Å²) in [5, 5.41) is 18.0. The van der Waals surface area contributed by atoms with Crippen molar-refractivity contribution in [3.8, 4) is 11.5 Å². The molecule has 0 aliphatic carbocycles. The summed E-state index contributed by atoms with van der Waals surface area (Å²) in [5.74, 6) is -12.7. The van der Waals surface area contributed by atoms with Gasteiger partial charge in [0.05, 0.1) is 6.42 Å². The summed E-state index contributed by atoms with van der Waals surface area (Å²) in [5.41, 5.74) is 0.128. The highest BCUT2D eigenvalue weighted by atomic mass is 19.4. The molecule has 2 aromatic rings. The number of halogens is 12. The molecule has 0 aromatic heterocycles. The van der Waals surface area contributed by atoms with Crippen LogP contribution in [-0.4, -0.2) is 40.3 Å². The van der Waals surface area contributed by atoms with Crippen molar-refractivity contribution in [3.63, 3.8) is 0 Å². The van der Waals surface area contributed by atoms with E-state index in [1.54, 1.807) is 0 Å². The van der Waals surface area contributed by atoms with Gasteiger partial charge in [0, 0.05) is 12.8 Å². The fourth-order valence-corrected chi connectivity index (χ4v) is 3.38. The molecule has 0 aliphatic heterocycles. The number of phenolic OH excluding ortho intramolecular Hbond substituents is 2. The molecule has 0 heterocycles. The summed E-state index contributed by atoms with van der Waals surface area (Å²) in [6.45, 7) is 6.66. The lowest BCUT2D eigenvalue weighted by Gasteiger charge is -2.24. The normalized spacial score (nSPS) is 12.9. The minimum absolute atomic E-state index is 0.0615. The van der Waals surface area contributed by atoms with Crippen molar-refractivity contribution in [1.82, 2.24) is 0 Å². The van der Waals surface area contributed by atoms with Crippen LogP contribution in [0, 0.1) is 0 Å². The summed E-state index contributed by atoms with van der Waals surface area (Å²) in [4.78, 5) is 0. The van der Waals surface area contributed by atoms with Crippen LogP contribution < -0.4 is 0 Å². The maximum absolute atomic E-state index is 13.6. The Labute approximate surface area is 221 Å². The molecule has 0 amide bonds. The second-order valence-corrected chi connectivity index (χ2v) is 8.98. The Kier molecular flexibility index (Phi) is 11.2. The molecule has 40 heavy (non-hydrogen) atoms. The lowest BCUT2D eigenvalue weighted by Crippen LogP contribution is -2.33. The third-order valence-electron chi connectivity index (χ3n) is 4.93. The van der Waals surface area contributed by atoms with Crippen LogP contribution in [0.2, 0.25) is 0 Å². The Morgan fingerprint density at radius 2 is 0.750 bits per heavy atom. The van der Waals surface area contributed by atoms with Gasteiger partial charge in [0.15, 0.2) is 0 Å². The lowest BCUT2D eigenvalue weighted by atomic mass is 9.96. The summed E-state index contributed by atoms with van der Waals surface area (Å²) in [7, 11) is 0. The van der Waals surface area contributed by atoms with Crippen molar-refractivity contribution in [1.29, 1.82) is 0 Å². The predicted octanol–water partition coefficient (Wildman–Crippen LogP) is 9.79. The molecule has 0 saturated carbocycles. The molecule has 2 N–H and O–H groups in total. The van der Waals surface area contributed by atoms with Gasteiger partial charge in [-0.05, 0) is 46.5 Å². The number of hydrogen-bond acceptors (Lipinski definition) is 2. The fourth-order valence-electron chi connectivity index (χ4n) is 3.38. The van der Waals surface area contributed by atoms with Crippen LogP contribution in [-0.2, 0) is 0 Å². The number of allylic oxidation sites excluding steroid dienone is 2. The number of hydrogen-bond donors (Lipinski definition) is 2. The summed E-state index contributed by atoms with van der Waals surface area (Å²) in [6, 6.07) is 10.0. The Morgan fingerprint density at radius 3 is 1.05 bits per heavy atom. The SMILES string of the molecule is C=C(CC(F)(F)CC(F)(F)CC(F)(F)F)c1ccc(O)cc1.C=C(CC(F)(F)CC(F)(F)F)c1ccc(O)cc1. The van der Waals surface area contributed by atoms with Gasteiger partial charge in [-0.2, -0.15) is 26.3 Å². The number of rotatable bonds is 10. The lowest BCUT2D eigenvalue weighted by molar-refractivity contribution is -0.205. The molecule has 0 atom stereocenters. The molecule has 2 rings (SSSR count). The number of phenols is 2. The molecule has 14 heteroatoms. The predicted molar refractivity (Wildman–Crippen MR) is 124 cm³/mol. The molecule has 0 spiro atoms. The van der Waals surface area contributed by atoms with Gasteiger partial charge in [0.1, 0.15) is 24.3 Å². The molecule has 2 nitrogen and oxygen atoms in total. The van der Waals surface area contributed by atoms with Crippen molar-refractivity contribution >= 4 is 11.1 Å². The van der Waals surface area contributed by atoms with E-state index in [1.807, 2.05) is 0 Å². The minimum atomic E-state index is -5.23. The van der Waals surface area contributed by atoms with Crippen molar-refractivity contribution in [2.75, 3.05) is 0 Å². The van der Waals surface area contributed by atoms with Crippen molar-refractivity contribution in [3.05, 3.63) is 72.8 Å². The van der Waals surface area contributed by atoms with Gasteiger partial charge in [-0.3, -0.25) is 0 Å². The molecule has 0 radical (unpaired) electrons. The molecule has 2 aromatic carbocycles. The van der Waals surface area contributed by atoms with Gasteiger partial charge in [-0.1, -0.05) is 37.4 Å². The van der Waals surface area contributed by atoms with E-state index in [2.05, 4.69) is 13.2 Å². The summed E-state index contributed by atoms with van der Waals surface area (Å²) < 4.78 is 151. The van der Waals surface area contributed by atoms with E-state index in [-0.39, 0.29) is 33.8 Å². The van der Waals surface area contributed by atoms with Gasteiger partial charge < -0.3 is 10.2 Å². The second kappa shape index (κ2) is 12.9. The third-order valence-corrected chi connectivity index (χ3v) is 4.93. The summed E-state index contributed by atoms with van der Waals surface area (Å²) in [6.07, 6.45) is -19.4. The van der Waals surface area contributed by atoms with Crippen LogP contribution >= 0.6 is 0 Å². The van der Waals surface area contributed by atoms with Gasteiger partial charge >= 0.3 is 12.4 Å². The largest absolute Gasteiger partial charge is 0.508 e. The monoisotopic (exact) mass is 596 g/mol. The van der Waals surface area contributed by atoms with Gasteiger partial charge in [-0.15, -0.1) is 0 Å². The van der Waals surface area contributed by atoms with Crippen molar-refractivity contribution in [2.24, 2.45) is 0 Å². The average molecular weight is 596 g/mol. The molecule has 224 valence electrons. The first-order valence-electron chi connectivity index (χ1n) is 11.1. The van der Waals surface area contributed by atoms with Gasteiger partial charge in [0.25, 0.3) is 17.8 Å². The molecule has 0 bridgehead atoms. The molecular weight excluding hydrogens is 572 g/mol. The first-order valence-corrected chi connectivity index (χ1v) is 11.1. The van der Waals surface area contributed by atoms with Crippen LogP contribution in [0.3, 0.4) is 0 Å². The molecule has 0 aliphatic rings. The van der Waals surface area contributed by atoms with E-state index in [1.165, 1.54) is 48.5 Å². The molecule has 0 fully saturated rings. The Morgan fingerprint density at radius 1 is 0.475 bits per heavy atom. The number of alkyl halides is 12. The van der Waals surface area contributed by atoms with Gasteiger partial charge in [-0.25, -0.2) is 26.3 Å². The van der Waals surface area contributed by atoms with E-state index in [0.29, 0.717) is 0 Å². The smallest absolute Gasteiger partial charge is 0.394 e. The highest BCUT2D eigenvalue weighted by Gasteiger charge is 2.50. The average Bonchev–Trinajstić information content (AvgIpc) is 2.69.